The topological polar surface area (TPSA) is 53.1 Å². The minimum atomic E-state index is -0.943. The molecule has 0 atom stereocenters. The van der Waals surface area contributed by atoms with Crippen LogP contribution in [-0.4, -0.2) is 16.1 Å². The van der Waals surface area contributed by atoms with Crippen LogP contribution in [0, 0.1) is 6.92 Å². The number of H-pyrrole nitrogens is 1. The predicted molar refractivity (Wildman–Crippen MR) is 68.6 cm³/mol. The second kappa shape index (κ2) is 5.07. The highest BCUT2D eigenvalue weighted by Crippen LogP contribution is 2.24. The number of carboxylic acids is 1. The molecule has 1 aromatic carbocycles. The van der Waals surface area contributed by atoms with Gasteiger partial charge in [0, 0.05) is 10.3 Å². The van der Waals surface area contributed by atoms with Crippen molar-refractivity contribution >= 4 is 29.5 Å². The molecule has 2 aromatic rings. The van der Waals surface area contributed by atoms with Gasteiger partial charge in [-0.3, -0.25) is 0 Å². The number of benzene rings is 1. The van der Waals surface area contributed by atoms with Crippen LogP contribution in [0.2, 0.25) is 0 Å². The van der Waals surface area contributed by atoms with E-state index in [-0.39, 0.29) is 5.69 Å². The van der Waals surface area contributed by atoms with Crippen LogP contribution in [0.25, 0.3) is 10.9 Å². The Balaban J connectivity index is 0.000000606. The molecule has 0 spiro atoms. The lowest BCUT2D eigenvalue weighted by Gasteiger charge is -1.98. The summed E-state index contributed by atoms with van der Waals surface area (Å²) >= 11 is 4.27. The van der Waals surface area contributed by atoms with E-state index in [1.807, 2.05) is 32.9 Å². The molecule has 0 aliphatic carbocycles. The summed E-state index contributed by atoms with van der Waals surface area (Å²) in [6, 6.07) is 5.34. The number of aromatic carboxylic acids is 1. The Morgan fingerprint density at radius 3 is 2.56 bits per heavy atom. The molecule has 86 valence electrons. The van der Waals surface area contributed by atoms with Crippen molar-refractivity contribution in [3.05, 3.63) is 29.5 Å². The quantitative estimate of drug-likeness (QED) is 0.665. The lowest BCUT2D eigenvalue weighted by molar-refractivity contribution is 0.0691. The average molecular weight is 237 g/mol. The number of hydrogen-bond acceptors (Lipinski definition) is 2. The zero-order valence-electron chi connectivity index (χ0n) is 9.53. The van der Waals surface area contributed by atoms with Gasteiger partial charge in [-0.05, 0) is 24.6 Å². The van der Waals surface area contributed by atoms with Crippen molar-refractivity contribution in [2.24, 2.45) is 0 Å². The number of aromatic amines is 1. The summed E-state index contributed by atoms with van der Waals surface area (Å²) < 4.78 is 0. The van der Waals surface area contributed by atoms with Crippen molar-refractivity contribution in [3.8, 4) is 0 Å². The van der Waals surface area contributed by atoms with Gasteiger partial charge in [0.25, 0.3) is 0 Å². The summed E-state index contributed by atoms with van der Waals surface area (Å²) in [7, 11) is 0. The molecule has 4 heteroatoms. The van der Waals surface area contributed by atoms with Crippen LogP contribution in [0.4, 0.5) is 0 Å². The molecule has 0 saturated heterocycles. The van der Waals surface area contributed by atoms with Crippen molar-refractivity contribution in [2.45, 2.75) is 25.7 Å². The molecule has 0 fully saturated rings. The number of hydrogen-bond donors (Lipinski definition) is 3. The summed E-state index contributed by atoms with van der Waals surface area (Å²) in [6.07, 6.45) is 0. The average Bonchev–Trinajstić information content (AvgIpc) is 2.71. The number of aryl methyl sites for hydroxylation is 1. The van der Waals surface area contributed by atoms with E-state index in [1.165, 1.54) is 0 Å². The number of fused-ring (bicyclic) bond motifs is 1. The van der Waals surface area contributed by atoms with Crippen LogP contribution in [0.3, 0.4) is 0 Å². The van der Waals surface area contributed by atoms with Crippen LogP contribution < -0.4 is 0 Å². The van der Waals surface area contributed by atoms with Gasteiger partial charge in [0.2, 0.25) is 0 Å². The second-order valence-electron chi connectivity index (χ2n) is 3.16. The fourth-order valence-corrected chi connectivity index (χ4v) is 1.64. The molecule has 1 heterocycles. The Morgan fingerprint density at radius 1 is 1.38 bits per heavy atom. The van der Waals surface area contributed by atoms with E-state index in [2.05, 4.69) is 17.6 Å². The maximum absolute atomic E-state index is 10.7. The van der Waals surface area contributed by atoms with Gasteiger partial charge in [-0.25, -0.2) is 4.79 Å². The highest BCUT2D eigenvalue weighted by Gasteiger charge is 2.09. The summed E-state index contributed by atoms with van der Waals surface area (Å²) in [5, 5.41) is 9.70. The lowest BCUT2D eigenvalue weighted by atomic mass is 10.2. The molecule has 0 bridgehead atoms. The zero-order valence-corrected chi connectivity index (χ0v) is 10.4. The van der Waals surface area contributed by atoms with E-state index in [9.17, 15) is 4.79 Å². The highest BCUT2D eigenvalue weighted by atomic mass is 32.1. The van der Waals surface area contributed by atoms with Crippen molar-refractivity contribution in [2.75, 3.05) is 0 Å². The molecule has 0 amide bonds. The molecule has 16 heavy (non-hydrogen) atoms. The number of nitrogens with one attached hydrogen (secondary N) is 1. The van der Waals surface area contributed by atoms with E-state index >= 15 is 0 Å². The molecule has 2 rings (SSSR count). The fourth-order valence-electron chi connectivity index (χ4n) is 1.45. The third-order valence-corrected chi connectivity index (χ3v) is 2.74. The first-order valence-corrected chi connectivity index (χ1v) is 5.59. The lowest BCUT2D eigenvalue weighted by Crippen LogP contribution is -1.95. The summed E-state index contributed by atoms with van der Waals surface area (Å²) in [5.41, 5.74) is 2.02. The standard InChI is InChI=1S/C10H9NO2S.C2H6/c1-5-8(14)3-2-6-4-7(10(12)13)11-9(5)6;1-2/h2-4,11,14H,1H3,(H,12,13);1-2H3. The van der Waals surface area contributed by atoms with E-state index in [1.54, 1.807) is 6.07 Å². The summed E-state index contributed by atoms with van der Waals surface area (Å²) in [6.45, 7) is 5.91. The third kappa shape index (κ3) is 2.22. The molecule has 1 aromatic heterocycles. The Morgan fingerprint density at radius 2 is 2.00 bits per heavy atom. The van der Waals surface area contributed by atoms with E-state index < -0.39 is 5.97 Å². The van der Waals surface area contributed by atoms with Gasteiger partial charge in [-0.2, -0.15) is 0 Å². The first-order chi connectivity index (χ1) is 7.59. The molecule has 0 radical (unpaired) electrons. The predicted octanol–water partition coefficient (Wildman–Crippen LogP) is 3.49. The normalized spacial score (nSPS) is 9.75. The number of rotatable bonds is 1. The monoisotopic (exact) mass is 237 g/mol. The molecule has 3 nitrogen and oxygen atoms in total. The molecule has 0 aliphatic heterocycles. The summed E-state index contributed by atoms with van der Waals surface area (Å²) in [4.78, 5) is 14.4. The van der Waals surface area contributed by atoms with Crippen LogP contribution >= 0.6 is 12.6 Å². The number of thiol groups is 1. The molecule has 0 saturated carbocycles. The van der Waals surface area contributed by atoms with Crippen LogP contribution in [-0.2, 0) is 0 Å². The maximum Gasteiger partial charge on any atom is 0.352 e. The van der Waals surface area contributed by atoms with E-state index in [4.69, 9.17) is 5.11 Å². The van der Waals surface area contributed by atoms with E-state index in [0.29, 0.717) is 0 Å². The molecule has 0 unspecified atom stereocenters. The van der Waals surface area contributed by atoms with E-state index in [0.717, 1.165) is 21.4 Å². The summed E-state index contributed by atoms with van der Waals surface area (Å²) in [5.74, 6) is -0.943. The third-order valence-electron chi connectivity index (χ3n) is 2.26. The highest BCUT2D eigenvalue weighted by molar-refractivity contribution is 7.80. The first kappa shape index (κ1) is 12.6. The smallest absolute Gasteiger partial charge is 0.352 e. The van der Waals surface area contributed by atoms with Gasteiger partial charge >= 0.3 is 5.97 Å². The van der Waals surface area contributed by atoms with Crippen molar-refractivity contribution in [1.82, 2.24) is 4.98 Å². The Kier molecular flexibility index (Phi) is 4.01. The molecule has 0 aliphatic rings. The van der Waals surface area contributed by atoms with Crippen molar-refractivity contribution in [1.29, 1.82) is 0 Å². The van der Waals surface area contributed by atoms with Gasteiger partial charge in [0.1, 0.15) is 5.69 Å². The largest absolute Gasteiger partial charge is 0.477 e. The van der Waals surface area contributed by atoms with Crippen LogP contribution in [0.5, 0.6) is 0 Å². The first-order valence-electron chi connectivity index (χ1n) is 5.14. The number of carbonyl (C=O) groups is 1. The maximum atomic E-state index is 10.7. The number of carboxylic acid groups (broad SMARTS) is 1. The van der Waals surface area contributed by atoms with Gasteiger partial charge in [0.15, 0.2) is 0 Å². The second-order valence-corrected chi connectivity index (χ2v) is 3.64. The zero-order chi connectivity index (χ0) is 12.3. The van der Waals surface area contributed by atoms with Crippen molar-refractivity contribution in [3.63, 3.8) is 0 Å². The Hall–Kier alpha value is -1.42. The minimum absolute atomic E-state index is 0.210. The van der Waals surface area contributed by atoms with Gasteiger partial charge in [0.05, 0.1) is 5.52 Å². The fraction of sp³-hybridized carbons (Fsp3) is 0.250. The number of aromatic nitrogens is 1. The van der Waals surface area contributed by atoms with Gasteiger partial charge in [-0.15, -0.1) is 12.6 Å². The van der Waals surface area contributed by atoms with Gasteiger partial charge in [-0.1, -0.05) is 19.9 Å². The SMILES string of the molecule is CC.Cc1c(S)ccc2cc(C(=O)O)[nH]c12. The Bertz CT molecular complexity index is 517. The molecular formula is C12H15NO2S. The molecular weight excluding hydrogens is 222 g/mol. The Labute approximate surface area is 99.9 Å². The van der Waals surface area contributed by atoms with Crippen LogP contribution in [0.15, 0.2) is 23.1 Å². The molecule has 2 N–H and O–H groups in total. The van der Waals surface area contributed by atoms with Crippen molar-refractivity contribution < 1.29 is 9.90 Å². The van der Waals surface area contributed by atoms with Gasteiger partial charge < -0.3 is 10.1 Å². The minimum Gasteiger partial charge on any atom is -0.477 e. The van der Waals surface area contributed by atoms with Crippen LogP contribution in [0.1, 0.15) is 29.9 Å².